The van der Waals surface area contributed by atoms with Gasteiger partial charge in [-0.05, 0) is 56.6 Å². The van der Waals surface area contributed by atoms with Crippen molar-refractivity contribution in [3.63, 3.8) is 0 Å². The average Bonchev–Trinajstić information content (AvgIpc) is 3.13. The molecule has 2 aromatic carbocycles. The Morgan fingerprint density at radius 2 is 1.32 bits per heavy atom. The topological polar surface area (TPSA) is 17.8 Å². The minimum atomic E-state index is 0.664. The van der Waals surface area contributed by atoms with Gasteiger partial charge in [0.1, 0.15) is 0 Å². The van der Waals surface area contributed by atoms with Crippen molar-refractivity contribution in [3.05, 3.63) is 89.5 Å². The standard InChI is InChI=1S/C23H28N2/c1-19-3-7-21(8-4-19)11-13-23(17-25-16-15-24-18-25)14-12-22-9-5-20(2)6-10-22/h3-10,15-16,18,23H,11-14,17H2,1-2H3. The summed E-state index contributed by atoms with van der Waals surface area (Å²) in [5.41, 5.74) is 5.55. The second-order valence-electron chi connectivity index (χ2n) is 7.17. The highest BCUT2D eigenvalue weighted by Gasteiger charge is 2.11. The van der Waals surface area contributed by atoms with Gasteiger partial charge < -0.3 is 4.57 Å². The Hall–Kier alpha value is -2.35. The van der Waals surface area contributed by atoms with E-state index in [4.69, 9.17) is 0 Å². The van der Waals surface area contributed by atoms with Gasteiger partial charge in [-0.1, -0.05) is 59.7 Å². The zero-order valence-corrected chi connectivity index (χ0v) is 15.4. The van der Waals surface area contributed by atoms with E-state index in [2.05, 4.69) is 78.1 Å². The van der Waals surface area contributed by atoms with E-state index in [0.29, 0.717) is 5.92 Å². The summed E-state index contributed by atoms with van der Waals surface area (Å²) in [6, 6.07) is 17.9. The number of benzene rings is 2. The zero-order valence-electron chi connectivity index (χ0n) is 15.4. The maximum Gasteiger partial charge on any atom is 0.0945 e. The number of nitrogens with zero attached hydrogens (tertiary/aromatic N) is 2. The molecule has 1 heterocycles. The van der Waals surface area contributed by atoms with Gasteiger partial charge in [-0.15, -0.1) is 0 Å². The van der Waals surface area contributed by atoms with Crippen LogP contribution in [0.15, 0.2) is 67.3 Å². The van der Waals surface area contributed by atoms with Crippen LogP contribution in [0.5, 0.6) is 0 Å². The highest BCUT2D eigenvalue weighted by atomic mass is 15.0. The second kappa shape index (κ2) is 8.66. The molecule has 0 aliphatic carbocycles. The van der Waals surface area contributed by atoms with Crippen LogP contribution in [0.2, 0.25) is 0 Å². The predicted molar refractivity (Wildman–Crippen MR) is 105 cm³/mol. The summed E-state index contributed by atoms with van der Waals surface area (Å²) < 4.78 is 2.22. The number of rotatable bonds is 8. The summed E-state index contributed by atoms with van der Waals surface area (Å²) in [6.45, 7) is 5.35. The van der Waals surface area contributed by atoms with Crippen LogP contribution in [0, 0.1) is 19.8 Å². The van der Waals surface area contributed by atoms with Crippen LogP contribution in [0.25, 0.3) is 0 Å². The molecule has 0 aliphatic rings. The maximum atomic E-state index is 4.19. The largest absolute Gasteiger partial charge is 0.337 e. The fraction of sp³-hybridized carbons (Fsp3) is 0.348. The molecule has 0 radical (unpaired) electrons. The first-order chi connectivity index (χ1) is 12.2. The number of hydrogen-bond donors (Lipinski definition) is 0. The molecular weight excluding hydrogens is 304 g/mol. The summed E-state index contributed by atoms with van der Waals surface area (Å²) in [4.78, 5) is 4.19. The fourth-order valence-corrected chi connectivity index (χ4v) is 3.27. The van der Waals surface area contributed by atoms with Gasteiger partial charge in [0.15, 0.2) is 0 Å². The van der Waals surface area contributed by atoms with Gasteiger partial charge in [0.05, 0.1) is 6.33 Å². The first-order valence-corrected chi connectivity index (χ1v) is 9.26. The SMILES string of the molecule is Cc1ccc(CCC(CCc2ccc(C)cc2)Cn2ccnc2)cc1. The third kappa shape index (κ3) is 5.60. The zero-order chi connectivity index (χ0) is 17.5. The van der Waals surface area contributed by atoms with Crippen molar-refractivity contribution in [2.75, 3.05) is 0 Å². The fourth-order valence-electron chi connectivity index (χ4n) is 3.27. The molecule has 0 saturated carbocycles. The van der Waals surface area contributed by atoms with E-state index in [1.165, 1.54) is 35.1 Å². The second-order valence-corrected chi connectivity index (χ2v) is 7.17. The highest BCUT2D eigenvalue weighted by Crippen LogP contribution is 2.19. The lowest BCUT2D eigenvalue weighted by Gasteiger charge is -2.18. The van der Waals surface area contributed by atoms with Crippen molar-refractivity contribution in [1.29, 1.82) is 0 Å². The van der Waals surface area contributed by atoms with E-state index in [9.17, 15) is 0 Å². The van der Waals surface area contributed by atoms with Crippen LogP contribution >= 0.6 is 0 Å². The van der Waals surface area contributed by atoms with E-state index in [1.807, 2.05) is 12.5 Å². The van der Waals surface area contributed by atoms with Gasteiger partial charge in [-0.3, -0.25) is 0 Å². The quantitative estimate of drug-likeness (QED) is 0.541. The van der Waals surface area contributed by atoms with Gasteiger partial charge in [-0.25, -0.2) is 4.98 Å². The molecule has 2 nitrogen and oxygen atoms in total. The Balaban J connectivity index is 1.59. The minimum Gasteiger partial charge on any atom is -0.337 e. The summed E-state index contributed by atoms with van der Waals surface area (Å²) >= 11 is 0. The van der Waals surface area contributed by atoms with Crippen LogP contribution in [0.4, 0.5) is 0 Å². The Morgan fingerprint density at radius 3 is 1.76 bits per heavy atom. The lowest BCUT2D eigenvalue weighted by Crippen LogP contribution is -2.12. The molecule has 130 valence electrons. The molecule has 0 unspecified atom stereocenters. The molecule has 3 rings (SSSR count). The first-order valence-electron chi connectivity index (χ1n) is 9.26. The number of imidazole rings is 1. The van der Waals surface area contributed by atoms with Gasteiger partial charge >= 0.3 is 0 Å². The molecule has 0 N–H and O–H groups in total. The Bertz CT molecular complexity index is 690. The van der Waals surface area contributed by atoms with Crippen molar-refractivity contribution < 1.29 is 0 Å². The van der Waals surface area contributed by atoms with Gasteiger partial charge in [0.2, 0.25) is 0 Å². The molecule has 0 saturated heterocycles. The molecule has 0 aliphatic heterocycles. The average molecular weight is 332 g/mol. The van der Waals surface area contributed by atoms with Gasteiger partial charge in [0, 0.05) is 18.9 Å². The lowest BCUT2D eigenvalue weighted by atomic mass is 9.92. The molecule has 1 aromatic heterocycles. The monoisotopic (exact) mass is 332 g/mol. The van der Waals surface area contributed by atoms with Crippen molar-refractivity contribution in [2.45, 2.75) is 46.1 Å². The summed E-state index contributed by atoms with van der Waals surface area (Å²) in [5, 5.41) is 0. The van der Waals surface area contributed by atoms with Crippen molar-refractivity contribution >= 4 is 0 Å². The molecule has 0 fully saturated rings. The third-order valence-corrected chi connectivity index (χ3v) is 4.95. The first kappa shape index (κ1) is 17.5. The van der Waals surface area contributed by atoms with E-state index < -0.39 is 0 Å². The van der Waals surface area contributed by atoms with Crippen molar-refractivity contribution in [1.82, 2.24) is 9.55 Å². The molecule has 25 heavy (non-hydrogen) atoms. The Kier molecular flexibility index (Phi) is 6.05. The van der Waals surface area contributed by atoms with Crippen LogP contribution in [0.3, 0.4) is 0 Å². The van der Waals surface area contributed by atoms with E-state index >= 15 is 0 Å². The minimum absolute atomic E-state index is 0.664. The smallest absolute Gasteiger partial charge is 0.0945 e. The number of aryl methyl sites for hydroxylation is 4. The van der Waals surface area contributed by atoms with Gasteiger partial charge in [0.25, 0.3) is 0 Å². The van der Waals surface area contributed by atoms with E-state index in [-0.39, 0.29) is 0 Å². The number of hydrogen-bond acceptors (Lipinski definition) is 1. The summed E-state index contributed by atoms with van der Waals surface area (Å²) in [6.07, 6.45) is 10.6. The van der Waals surface area contributed by atoms with Crippen LogP contribution in [-0.2, 0) is 19.4 Å². The molecule has 2 heteroatoms. The van der Waals surface area contributed by atoms with Crippen molar-refractivity contribution in [2.24, 2.45) is 5.92 Å². The molecular formula is C23H28N2. The van der Waals surface area contributed by atoms with Crippen molar-refractivity contribution in [3.8, 4) is 0 Å². The normalized spacial score (nSPS) is 11.2. The third-order valence-electron chi connectivity index (χ3n) is 4.95. The van der Waals surface area contributed by atoms with Crippen LogP contribution < -0.4 is 0 Å². The van der Waals surface area contributed by atoms with E-state index in [0.717, 1.165) is 19.4 Å². The Labute approximate surface area is 151 Å². The molecule has 3 aromatic rings. The molecule has 0 amide bonds. The van der Waals surface area contributed by atoms with Gasteiger partial charge in [-0.2, -0.15) is 0 Å². The maximum absolute atomic E-state index is 4.19. The van der Waals surface area contributed by atoms with Crippen LogP contribution in [0.1, 0.15) is 35.1 Å². The predicted octanol–water partition coefficient (Wildman–Crippen LogP) is 5.38. The highest BCUT2D eigenvalue weighted by molar-refractivity contribution is 5.22. The number of aromatic nitrogens is 2. The van der Waals surface area contributed by atoms with Crippen LogP contribution in [-0.4, -0.2) is 9.55 Å². The molecule has 0 atom stereocenters. The summed E-state index contributed by atoms with van der Waals surface area (Å²) in [5.74, 6) is 0.664. The summed E-state index contributed by atoms with van der Waals surface area (Å²) in [7, 11) is 0. The molecule has 0 bridgehead atoms. The van der Waals surface area contributed by atoms with E-state index in [1.54, 1.807) is 0 Å². The Morgan fingerprint density at radius 1 is 0.800 bits per heavy atom. The lowest BCUT2D eigenvalue weighted by molar-refractivity contribution is 0.388. The molecule has 0 spiro atoms.